The summed E-state index contributed by atoms with van der Waals surface area (Å²) in [4.78, 5) is 14.6. The van der Waals surface area contributed by atoms with E-state index in [0.717, 1.165) is 13.0 Å². The van der Waals surface area contributed by atoms with Gasteiger partial charge in [-0.1, -0.05) is 20.8 Å². The molecule has 2 atom stereocenters. The zero-order valence-electron chi connectivity index (χ0n) is 12.3. The van der Waals surface area contributed by atoms with Crippen LogP contribution < -0.4 is 0 Å². The minimum Gasteiger partial charge on any atom is -0.298 e. The molecule has 0 aromatic rings. The maximum Gasteiger partial charge on any atom is 0.149 e. The van der Waals surface area contributed by atoms with Gasteiger partial charge in [-0.3, -0.25) is 9.69 Å². The van der Waals surface area contributed by atoms with E-state index in [1.165, 1.54) is 6.42 Å². The first-order chi connectivity index (χ1) is 7.63. The van der Waals surface area contributed by atoms with Gasteiger partial charge in [-0.05, 0) is 44.4 Å². The number of ketones is 1. The molecule has 2 nitrogen and oxygen atoms in total. The number of likely N-dealkylation sites (tertiary alicyclic amines) is 1. The molecule has 98 valence electrons. The average molecular weight is 237 g/mol. The van der Waals surface area contributed by atoms with Crippen molar-refractivity contribution in [1.29, 1.82) is 0 Å². The SMILES string of the molecule is CCC(=O)[C@@H]1C[C@]2(CN1C(C)(C)C)CC2(C)C. The average Bonchev–Trinajstić information content (AvgIpc) is 2.59. The van der Waals surface area contributed by atoms with Crippen molar-refractivity contribution in [1.82, 2.24) is 4.90 Å². The molecular formula is C15H27NO. The van der Waals surface area contributed by atoms with Crippen molar-refractivity contribution < 1.29 is 4.79 Å². The van der Waals surface area contributed by atoms with E-state index in [9.17, 15) is 4.79 Å². The number of rotatable bonds is 2. The Labute approximate surface area is 106 Å². The highest BCUT2D eigenvalue weighted by Gasteiger charge is 2.66. The molecule has 1 aliphatic carbocycles. The second kappa shape index (κ2) is 3.57. The van der Waals surface area contributed by atoms with Crippen LogP contribution in [0.3, 0.4) is 0 Å². The number of carbonyl (C=O) groups is 1. The Hall–Kier alpha value is -0.370. The van der Waals surface area contributed by atoms with Gasteiger partial charge in [0, 0.05) is 18.5 Å². The fourth-order valence-electron chi connectivity index (χ4n) is 3.63. The second-order valence-electron chi connectivity index (χ2n) is 7.68. The zero-order chi connectivity index (χ0) is 13.1. The molecule has 0 radical (unpaired) electrons. The molecule has 1 saturated carbocycles. The molecule has 2 aliphatic rings. The van der Waals surface area contributed by atoms with Gasteiger partial charge in [0.05, 0.1) is 6.04 Å². The molecule has 1 heterocycles. The third-order valence-corrected chi connectivity index (χ3v) is 5.11. The van der Waals surface area contributed by atoms with Crippen LogP contribution >= 0.6 is 0 Å². The Bertz CT molecular complexity index is 339. The minimum absolute atomic E-state index is 0.109. The largest absolute Gasteiger partial charge is 0.298 e. The van der Waals surface area contributed by atoms with Gasteiger partial charge in [0.2, 0.25) is 0 Å². The van der Waals surface area contributed by atoms with Crippen molar-refractivity contribution >= 4 is 5.78 Å². The van der Waals surface area contributed by atoms with E-state index in [0.29, 0.717) is 23.0 Å². The van der Waals surface area contributed by atoms with E-state index >= 15 is 0 Å². The third kappa shape index (κ3) is 1.95. The maximum atomic E-state index is 12.2. The predicted molar refractivity (Wildman–Crippen MR) is 71.0 cm³/mol. The first kappa shape index (κ1) is 13.1. The highest BCUT2D eigenvalue weighted by molar-refractivity contribution is 5.84. The third-order valence-electron chi connectivity index (χ3n) is 5.11. The molecule has 0 aromatic heterocycles. The first-order valence-corrected chi connectivity index (χ1v) is 6.92. The van der Waals surface area contributed by atoms with Gasteiger partial charge in [0.1, 0.15) is 5.78 Å². The summed E-state index contributed by atoms with van der Waals surface area (Å²) in [6, 6.07) is 0.168. The van der Waals surface area contributed by atoms with Crippen LogP contribution in [0.1, 0.15) is 60.8 Å². The Kier molecular flexibility index (Phi) is 2.74. The molecule has 2 fully saturated rings. The first-order valence-electron chi connectivity index (χ1n) is 6.92. The Morgan fingerprint density at radius 3 is 2.24 bits per heavy atom. The van der Waals surface area contributed by atoms with Crippen molar-refractivity contribution in [3.8, 4) is 0 Å². The van der Waals surface area contributed by atoms with Gasteiger partial charge >= 0.3 is 0 Å². The van der Waals surface area contributed by atoms with Crippen LogP contribution in [-0.2, 0) is 4.79 Å². The molecule has 1 spiro atoms. The summed E-state index contributed by atoms with van der Waals surface area (Å²) in [5, 5.41) is 0. The van der Waals surface area contributed by atoms with Crippen molar-refractivity contribution in [2.75, 3.05) is 6.54 Å². The summed E-state index contributed by atoms with van der Waals surface area (Å²) in [6.07, 6.45) is 3.05. The lowest BCUT2D eigenvalue weighted by Crippen LogP contribution is -2.47. The monoisotopic (exact) mass is 237 g/mol. The summed E-state index contributed by atoms with van der Waals surface area (Å²) in [5.74, 6) is 0.430. The normalized spacial score (nSPS) is 36.5. The lowest BCUT2D eigenvalue weighted by atomic mass is 9.92. The van der Waals surface area contributed by atoms with Gasteiger partial charge in [0.25, 0.3) is 0 Å². The van der Waals surface area contributed by atoms with E-state index in [-0.39, 0.29) is 11.6 Å². The van der Waals surface area contributed by atoms with E-state index < -0.39 is 0 Å². The van der Waals surface area contributed by atoms with Gasteiger partial charge in [-0.2, -0.15) is 0 Å². The Balaban J connectivity index is 2.23. The van der Waals surface area contributed by atoms with Gasteiger partial charge in [-0.25, -0.2) is 0 Å². The molecule has 2 heteroatoms. The summed E-state index contributed by atoms with van der Waals surface area (Å²) in [7, 11) is 0. The van der Waals surface area contributed by atoms with Crippen LogP contribution in [0, 0.1) is 10.8 Å². The number of hydrogen-bond donors (Lipinski definition) is 0. The molecule has 0 unspecified atom stereocenters. The highest BCUT2D eigenvalue weighted by atomic mass is 16.1. The Morgan fingerprint density at radius 2 is 1.88 bits per heavy atom. The van der Waals surface area contributed by atoms with Crippen LogP contribution in [0.25, 0.3) is 0 Å². The number of hydrogen-bond acceptors (Lipinski definition) is 2. The van der Waals surface area contributed by atoms with Crippen LogP contribution in [0.15, 0.2) is 0 Å². The summed E-state index contributed by atoms with van der Waals surface area (Å²) < 4.78 is 0. The lowest BCUT2D eigenvalue weighted by Gasteiger charge is -2.36. The van der Waals surface area contributed by atoms with Gasteiger partial charge in [-0.15, -0.1) is 0 Å². The predicted octanol–water partition coefficient (Wildman–Crippen LogP) is 3.25. The standard InChI is InChI=1S/C15H27NO/c1-7-12(17)11-8-15(9-14(15,5)6)10-16(11)13(2,3)4/h11H,7-10H2,1-6H3/t11-,15+/m0/s1. The van der Waals surface area contributed by atoms with Gasteiger partial charge < -0.3 is 0 Å². The summed E-state index contributed by atoms with van der Waals surface area (Å²) >= 11 is 0. The molecule has 17 heavy (non-hydrogen) atoms. The fourth-order valence-corrected chi connectivity index (χ4v) is 3.63. The van der Waals surface area contributed by atoms with E-state index in [4.69, 9.17) is 0 Å². The molecular weight excluding hydrogens is 210 g/mol. The maximum absolute atomic E-state index is 12.2. The van der Waals surface area contributed by atoms with E-state index in [1.54, 1.807) is 0 Å². The van der Waals surface area contributed by atoms with Crippen molar-refractivity contribution in [2.24, 2.45) is 10.8 Å². The van der Waals surface area contributed by atoms with Crippen LogP contribution in [-0.4, -0.2) is 28.8 Å². The molecule has 0 amide bonds. The zero-order valence-corrected chi connectivity index (χ0v) is 12.3. The quantitative estimate of drug-likeness (QED) is 0.735. The topological polar surface area (TPSA) is 20.3 Å². The Morgan fingerprint density at radius 1 is 1.35 bits per heavy atom. The molecule has 0 N–H and O–H groups in total. The van der Waals surface area contributed by atoms with E-state index in [2.05, 4.69) is 39.5 Å². The fraction of sp³-hybridized carbons (Fsp3) is 0.933. The van der Waals surface area contributed by atoms with Crippen LogP contribution in [0.2, 0.25) is 0 Å². The van der Waals surface area contributed by atoms with Gasteiger partial charge in [0.15, 0.2) is 0 Å². The van der Waals surface area contributed by atoms with Crippen molar-refractivity contribution in [2.45, 2.75) is 72.4 Å². The molecule has 0 bridgehead atoms. The van der Waals surface area contributed by atoms with E-state index in [1.807, 2.05) is 6.92 Å². The number of nitrogens with zero attached hydrogens (tertiary/aromatic N) is 1. The summed E-state index contributed by atoms with van der Waals surface area (Å²) in [5.41, 5.74) is 0.979. The molecule has 1 aliphatic heterocycles. The molecule has 0 aromatic carbocycles. The second-order valence-corrected chi connectivity index (χ2v) is 7.68. The van der Waals surface area contributed by atoms with Crippen LogP contribution in [0.4, 0.5) is 0 Å². The molecule has 2 rings (SSSR count). The molecule has 1 saturated heterocycles. The minimum atomic E-state index is 0.109. The number of carbonyl (C=O) groups excluding carboxylic acids is 1. The van der Waals surface area contributed by atoms with Crippen molar-refractivity contribution in [3.05, 3.63) is 0 Å². The highest BCUT2D eigenvalue weighted by Crippen LogP contribution is 2.69. The van der Waals surface area contributed by atoms with Crippen LogP contribution in [0.5, 0.6) is 0 Å². The smallest absolute Gasteiger partial charge is 0.149 e. The summed E-state index contributed by atoms with van der Waals surface area (Å²) in [6.45, 7) is 14.5. The number of Topliss-reactive ketones (excluding diaryl/α,β-unsaturated/α-hetero) is 1. The lowest BCUT2D eigenvalue weighted by molar-refractivity contribution is -0.124. The van der Waals surface area contributed by atoms with Crippen molar-refractivity contribution in [3.63, 3.8) is 0 Å².